The van der Waals surface area contributed by atoms with Crippen LogP contribution in [-0.2, 0) is 9.59 Å². The van der Waals surface area contributed by atoms with Crippen molar-refractivity contribution >= 4 is 11.8 Å². The zero-order chi connectivity index (χ0) is 13.8. The Balaban J connectivity index is 2.58. The lowest BCUT2D eigenvalue weighted by Crippen LogP contribution is -2.53. The van der Waals surface area contributed by atoms with Crippen LogP contribution in [0.4, 0.5) is 0 Å². The van der Waals surface area contributed by atoms with E-state index in [1.807, 2.05) is 13.8 Å². The Bertz CT molecular complexity index is 305. The first-order chi connectivity index (χ1) is 8.49. The third-order valence-electron chi connectivity index (χ3n) is 4.21. The van der Waals surface area contributed by atoms with Gasteiger partial charge in [0.1, 0.15) is 0 Å². The van der Waals surface area contributed by atoms with Crippen molar-refractivity contribution in [2.24, 2.45) is 5.41 Å². The molecule has 0 aromatic carbocycles. The molecule has 1 atom stereocenters. The fourth-order valence-electron chi connectivity index (χ4n) is 2.22. The molecule has 0 bridgehead atoms. The summed E-state index contributed by atoms with van der Waals surface area (Å²) in [6.45, 7) is 4.80. The predicted molar refractivity (Wildman–Crippen MR) is 68.9 cm³/mol. The lowest BCUT2D eigenvalue weighted by atomic mass is 9.83. The standard InChI is InChI=1S/C13H24N2O3/c1-4-13(5-2,9-16)8-14-10-6-7-11(17)15(3)12(10)18/h10,14,16H,4-9H2,1-3H3. The highest BCUT2D eigenvalue weighted by molar-refractivity contribution is 6.00. The SMILES string of the molecule is CCC(CC)(CO)CNC1CCC(=O)N(C)C1=O. The van der Waals surface area contributed by atoms with Gasteiger partial charge in [-0.3, -0.25) is 14.5 Å². The van der Waals surface area contributed by atoms with E-state index in [9.17, 15) is 14.7 Å². The van der Waals surface area contributed by atoms with Crippen molar-refractivity contribution in [3.05, 3.63) is 0 Å². The first kappa shape index (κ1) is 15.1. The number of imide groups is 1. The van der Waals surface area contributed by atoms with Crippen LogP contribution >= 0.6 is 0 Å². The molecular weight excluding hydrogens is 232 g/mol. The average Bonchev–Trinajstić information content (AvgIpc) is 2.40. The van der Waals surface area contributed by atoms with Gasteiger partial charge in [0.25, 0.3) is 0 Å². The molecule has 0 radical (unpaired) electrons. The molecule has 104 valence electrons. The molecule has 1 fully saturated rings. The summed E-state index contributed by atoms with van der Waals surface area (Å²) in [6, 6.07) is -0.295. The molecule has 0 aromatic heterocycles. The molecule has 1 saturated heterocycles. The van der Waals surface area contributed by atoms with Crippen LogP contribution < -0.4 is 5.32 Å². The van der Waals surface area contributed by atoms with E-state index in [2.05, 4.69) is 5.32 Å². The number of aliphatic hydroxyl groups is 1. The van der Waals surface area contributed by atoms with Gasteiger partial charge in [-0.25, -0.2) is 0 Å². The smallest absolute Gasteiger partial charge is 0.246 e. The Morgan fingerprint density at radius 1 is 1.39 bits per heavy atom. The largest absolute Gasteiger partial charge is 0.396 e. The van der Waals surface area contributed by atoms with Gasteiger partial charge in [-0.1, -0.05) is 13.8 Å². The van der Waals surface area contributed by atoms with Crippen LogP contribution in [0.1, 0.15) is 39.5 Å². The Kier molecular flexibility index (Phi) is 5.28. The summed E-state index contributed by atoms with van der Waals surface area (Å²) in [6.07, 6.45) is 2.69. The molecule has 18 heavy (non-hydrogen) atoms. The van der Waals surface area contributed by atoms with Crippen LogP contribution in [0.3, 0.4) is 0 Å². The molecule has 5 nitrogen and oxygen atoms in total. The van der Waals surface area contributed by atoms with Crippen LogP contribution in [0.15, 0.2) is 0 Å². The minimum Gasteiger partial charge on any atom is -0.396 e. The number of nitrogens with zero attached hydrogens (tertiary/aromatic N) is 1. The topological polar surface area (TPSA) is 69.6 Å². The maximum Gasteiger partial charge on any atom is 0.246 e. The molecule has 2 amide bonds. The van der Waals surface area contributed by atoms with Crippen molar-refractivity contribution in [3.63, 3.8) is 0 Å². The van der Waals surface area contributed by atoms with Crippen LogP contribution in [0.25, 0.3) is 0 Å². The molecule has 0 aromatic rings. The summed E-state index contributed by atoms with van der Waals surface area (Å²) in [7, 11) is 1.53. The van der Waals surface area contributed by atoms with Gasteiger partial charge < -0.3 is 10.4 Å². The maximum atomic E-state index is 11.9. The fourth-order valence-corrected chi connectivity index (χ4v) is 2.22. The van der Waals surface area contributed by atoms with Crippen molar-refractivity contribution in [2.75, 3.05) is 20.2 Å². The number of amides is 2. The first-order valence-electron chi connectivity index (χ1n) is 6.64. The Hall–Kier alpha value is -0.940. The molecular formula is C13H24N2O3. The molecule has 5 heteroatoms. The van der Waals surface area contributed by atoms with E-state index >= 15 is 0 Å². The number of hydrogen-bond donors (Lipinski definition) is 2. The average molecular weight is 256 g/mol. The zero-order valence-corrected chi connectivity index (χ0v) is 11.5. The summed E-state index contributed by atoms with van der Waals surface area (Å²) in [5.74, 6) is -0.275. The minimum atomic E-state index is -0.295. The van der Waals surface area contributed by atoms with Gasteiger partial charge in [0.2, 0.25) is 11.8 Å². The van der Waals surface area contributed by atoms with Gasteiger partial charge in [-0.05, 0) is 19.3 Å². The fraction of sp³-hybridized carbons (Fsp3) is 0.846. The Morgan fingerprint density at radius 3 is 2.50 bits per heavy atom. The second-order valence-corrected chi connectivity index (χ2v) is 5.13. The highest BCUT2D eigenvalue weighted by Gasteiger charge is 2.33. The number of carbonyl (C=O) groups excluding carboxylic acids is 2. The van der Waals surface area contributed by atoms with Gasteiger partial charge in [0, 0.05) is 32.0 Å². The third-order valence-corrected chi connectivity index (χ3v) is 4.21. The summed E-state index contributed by atoms with van der Waals surface area (Å²) in [4.78, 5) is 24.4. The molecule has 1 heterocycles. The van der Waals surface area contributed by atoms with E-state index in [0.717, 1.165) is 12.8 Å². The number of rotatable bonds is 6. The molecule has 2 N–H and O–H groups in total. The summed E-state index contributed by atoms with van der Waals surface area (Å²) in [5, 5.41) is 12.7. The normalized spacial score (nSPS) is 21.6. The first-order valence-corrected chi connectivity index (χ1v) is 6.64. The van der Waals surface area contributed by atoms with Crippen molar-refractivity contribution in [1.29, 1.82) is 0 Å². The molecule has 0 saturated carbocycles. The molecule has 0 spiro atoms. The Labute approximate surface area is 109 Å². The summed E-state index contributed by atoms with van der Waals surface area (Å²) in [5.41, 5.74) is -0.166. The van der Waals surface area contributed by atoms with Gasteiger partial charge in [0.05, 0.1) is 6.04 Å². The molecule has 1 rings (SSSR count). The van der Waals surface area contributed by atoms with E-state index in [0.29, 0.717) is 19.4 Å². The minimum absolute atomic E-state index is 0.113. The predicted octanol–water partition coefficient (Wildman–Crippen LogP) is 0.522. The number of likely N-dealkylation sites (tertiary alicyclic amines) is 1. The summed E-state index contributed by atoms with van der Waals surface area (Å²) >= 11 is 0. The van der Waals surface area contributed by atoms with Gasteiger partial charge >= 0.3 is 0 Å². The van der Waals surface area contributed by atoms with E-state index < -0.39 is 0 Å². The van der Waals surface area contributed by atoms with E-state index in [-0.39, 0.29) is 29.9 Å². The van der Waals surface area contributed by atoms with Crippen molar-refractivity contribution in [1.82, 2.24) is 10.2 Å². The summed E-state index contributed by atoms with van der Waals surface area (Å²) < 4.78 is 0. The van der Waals surface area contributed by atoms with Crippen molar-refractivity contribution in [3.8, 4) is 0 Å². The Morgan fingerprint density at radius 2 is 2.00 bits per heavy atom. The molecule has 1 unspecified atom stereocenters. The van der Waals surface area contributed by atoms with E-state index in [4.69, 9.17) is 0 Å². The second-order valence-electron chi connectivity index (χ2n) is 5.13. The highest BCUT2D eigenvalue weighted by atomic mass is 16.3. The van der Waals surface area contributed by atoms with Gasteiger partial charge in [0.15, 0.2) is 0 Å². The number of aliphatic hydroxyl groups excluding tert-OH is 1. The lowest BCUT2D eigenvalue weighted by molar-refractivity contribution is -0.148. The quantitative estimate of drug-likeness (QED) is 0.680. The number of piperidine rings is 1. The number of carbonyl (C=O) groups is 2. The van der Waals surface area contributed by atoms with Crippen LogP contribution in [-0.4, -0.2) is 48.1 Å². The lowest BCUT2D eigenvalue weighted by Gasteiger charge is -2.34. The van der Waals surface area contributed by atoms with E-state index in [1.165, 1.54) is 11.9 Å². The second kappa shape index (κ2) is 6.29. The number of hydrogen-bond acceptors (Lipinski definition) is 4. The van der Waals surface area contributed by atoms with Crippen LogP contribution in [0.5, 0.6) is 0 Å². The highest BCUT2D eigenvalue weighted by Crippen LogP contribution is 2.25. The van der Waals surface area contributed by atoms with Gasteiger partial charge in [-0.15, -0.1) is 0 Å². The molecule has 0 aliphatic carbocycles. The number of likely N-dealkylation sites (N-methyl/N-ethyl adjacent to an activating group) is 1. The maximum absolute atomic E-state index is 11.9. The zero-order valence-electron chi connectivity index (χ0n) is 11.5. The third kappa shape index (κ3) is 3.09. The molecule has 1 aliphatic rings. The van der Waals surface area contributed by atoms with Gasteiger partial charge in [-0.2, -0.15) is 0 Å². The van der Waals surface area contributed by atoms with Crippen molar-refractivity contribution in [2.45, 2.75) is 45.6 Å². The van der Waals surface area contributed by atoms with Crippen LogP contribution in [0.2, 0.25) is 0 Å². The molecule has 1 aliphatic heterocycles. The monoisotopic (exact) mass is 256 g/mol. The number of nitrogens with one attached hydrogen (secondary N) is 1. The van der Waals surface area contributed by atoms with E-state index in [1.54, 1.807) is 0 Å². The van der Waals surface area contributed by atoms with Crippen LogP contribution in [0, 0.1) is 5.41 Å². The van der Waals surface area contributed by atoms with Crippen molar-refractivity contribution < 1.29 is 14.7 Å².